The minimum Gasteiger partial charge on any atom is -0.493 e. The summed E-state index contributed by atoms with van der Waals surface area (Å²) in [6.45, 7) is 11.4. The van der Waals surface area contributed by atoms with Gasteiger partial charge >= 0.3 is 6.09 Å². The van der Waals surface area contributed by atoms with E-state index < -0.39 is 11.7 Å². The van der Waals surface area contributed by atoms with Gasteiger partial charge in [-0.25, -0.2) is 34.1 Å². The molecule has 2 fully saturated rings. The third-order valence-corrected chi connectivity index (χ3v) is 10.4. The van der Waals surface area contributed by atoms with Crippen LogP contribution >= 0.6 is 23.2 Å². The number of rotatable bonds is 7. The number of amides is 1. The van der Waals surface area contributed by atoms with Gasteiger partial charge in [0.1, 0.15) is 28.7 Å². The number of nitrogens with zero attached hydrogens (tertiary/aromatic N) is 12. The van der Waals surface area contributed by atoms with Crippen molar-refractivity contribution in [1.82, 2.24) is 55.2 Å². The van der Waals surface area contributed by atoms with Crippen molar-refractivity contribution < 1.29 is 19.0 Å². The van der Waals surface area contributed by atoms with Gasteiger partial charge < -0.3 is 35.1 Å². The number of alkyl carbamates (subject to hydrolysis) is 1. The Bertz CT molecular complexity index is 2460. The lowest BCUT2D eigenvalue weighted by Crippen LogP contribution is -2.40. The lowest BCUT2D eigenvalue weighted by molar-refractivity contribution is 0.0509. The van der Waals surface area contributed by atoms with Crippen LogP contribution in [0.4, 0.5) is 16.4 Å². The van der Waals surface area contributed by atoms with E-state index in [1.54, 1.807) is 21.8 Å². The van der Waals surface area contributed by atoms with Crippen molar-refractivity contribution in [1.29, 1.82) is 0 Å². The number of hydrogen-bond donors (Lipinski definition) is 2. The zero-order chi connectivity index (χ0) is 41.8. The number of hydrogen-bond acceptors (Lipinski definition) is 15. The van der Waals surface area contributed by atoms with Crippen LogP contribution in [0.1, 0.15) is 63.3 Å². The number of anilines is 2. The monoisotopic (exact) mass is 874 g/mol. The molecule has 1 amide bonds. The van der Waals surface area contributed by atoms with E-state index in [0.717, 1.165) is 92.8 Å². The summed E-state index contributed by atoms with van der Waals surface area (Å²) in [6.07, 6.45) is 6.75. The molecular weight excluding hydrogens is 823 g/mol. The SMILES string of the molecule is C.CC(C)(C)OC(=O)N[C@@H]1CCN(c2cnc3nnn(Cc4ccc5c(c4)CCO5)c3n2)C1.ClCCl.N[C@@H]1CCN(c2cnc3nnn(Cc4ccc5c(c4)CCO5)c3n2)C1. The molecule has 0 radical (unpaired) electrons. The van der Waals surface area contributed by atoms with E-state index in [9.17, 15) is 4.79 Å². The molecule has 0 saturated carbocycles. The maximum absolute atomic E-state index is 12.1. The fraction of sp³-hybridized carbons (Fsp3) is 0.488. The molecule has 324 valence electrons. The van der Waals surface area contributed by atoms with Crippen molar-refractivity contribution in [3.05, 3.63) is 71.0 Å². The quantitative estimate of drug-likeness (QED) is 0.200. The van der Waals surface area contributed by atoms with Crippen LogP contribution < -0.4 is 30.3 Å². The van der Waals surface area contributed by atoms with Crippen molar-refractivity contribution in [2.24, 2.45) is 5.73 Å². The third-order valence-electron chi connectivity index (χ3n) is 10.4. The summed E-state index contributed by atoms with van der Waals surface area (Å²) in [4.78, 5) is 34.8. The molecular formula is C41H52Cl2N14O4. The molecule has 2 aromatic carbocycles. The molecule has 10 rings (SSSR count). The summed E-state index contributed by atoms with van der Waals surface area (Å²) < 4.78 is 20.1. The fourth-order valence-corrected chi connectivity index (χ4v) is 7.59. The van der Waals surface area contributed by atoms with Crippen molar-refractivity contribution in [3.8, 4) is 11.5 Å². The molecule has 61 heavy (non-hydrogen) atoms. The average Bonchev–Trinajstić information content (AvgIpc) is 4.08. The molecule has 0 unspecified atom stereocenters. The van der Waals surface area contributed by atoms with Gasteiger partial charge in [0.25, 0.3) is 0 Å². The third kappa shape index (κ3) is 10.5. The second-order valence-electron chi connectivity index (χ2n) is 16.0. The zero-order valence-corrected chi connectivity index (χ0v) is 35.3. The average molecular weight is 876 g/mol. The van der Waals surface area contributed by atoms with E-state index in [1.807, 2.05) is 39.0 Å². The first-order valence-electron chi connectivity index (χ1n) is 20.0. The summed E-state index contributed by atoms with van der Waals surface area (Å²) in [7, 11) is 0. The number of ether oxygens (including phenoxy) is 3. The topological polar surface area (TPSA) is 202 Å². The number of carbonyl (C=O) groups is 1. The van der Waals surface area contributed by atoms with Gasteiger partial charge in [0, 0.05) is 45.1 Å². The maximum atomic E-state index is 12.1. The molecule has 0 bridgehead atoms. The number of alkyl halides is 2. The minimum atomic E-state index is -0.518. The number of benzene rings is 2. The molecule has 20 heteroatoms. The maximum Gasteiger partial charge on any atom is 0.407 e. The highest BCUT2D eigenvalue weighted by Crippen LogP contribution is 2.28. The lowest BCUT2D eigenvalue weighted by atomic mass is 10.1. The smallest absolute Gasteiger partial charge is 0.407 e. The molecule has 18 nitrogen and oxygen atoms in total. The Morgan fingerprint density at radius 1 is 0.820 bits per heavy atom. The molecule has 4 aliphatic rings. The summed E-state index contributed by atoms with van der Waals surface area (Å²) >= 11 is 9.53. The molecule has 2 atom stereocenters. The first-order chi connectivity index (χ1) is 29.0. The number of halogens is 2. The standard InChI is InChI=1S/C22H27N7O3.C17H19N7O.CH2Cl2.CH4/c1-22(2,3)32-21(30)24-16-6-8-28(13-16)18-11-23-19-20(25-18)29(27-26-19)12-14-4-5-17-15(10-14)7-9-31-17;18-13-3-5-23(10-13)15-8-19-16-17(20-15)24(22-21-16)9-11-1-2-14-12(7-11)4-6-25-14;2-1-3;/h4-5,10-11,16H,6-9,12-13H2,1-3H3,(H,24,30);1-2,7-8,13H,3-6,9-10,18H2;1H2;1H4/t16-;13-;;/m11../s1. The van der Waals surface area contributed by atoms with Crippen LogP contribution in [-0.4, -0.2) is 118 Å². The first kappa shape index (κ1) is 43.5. The van der Waals surface area contributed by atoms with Crippen LogP contribution in [0, 0.1) is 0 Å². The predicted molar refractivity (Wildman–Crippen MR) is 234 cm³/mol. The van der Waals surface area contributed by atoms with Gasteiger partial charge in [-0.15, -0.1) is 33.4 Å². The molecule has 3 N–H and O–H groups in total. The highest BCUT2D eigenvalue weighted by atomic mass is 35.5. The van der Waals surface area contributed by atoms with E-state index in [-0.39, 0.29) is 24.8 Å². The van der Waals surface area contributed by atoms with Crippen LogP contribution in [0.15, 0.2) is 48.8 Å². The molecule has 8 heterocycles. The fourth-order valence-electron chi connectivity index (χ4n) is 7.59. The molecule has 4 aromatic heterocycles. The van der Waals surface area contributed by atoms with Gasteiger partial charge in [-0.05, 0) is 68.0 Å². The predicted octanol–water partition coefficient (Wildman–Crippen LogP) is 5.11. The van der Waals surface area contributed by atoms with Gasteiger partial charge in [-0.2, -0.15) is 0 Å². The number of aromatic nitrogens is 10. The number of carbonyl (C=O) groups excluding carboxylic acids is 1. The molecule has 6 aromatic rings. The minimum absolute atomic E-state index is 0. The van der Waals surface area contributed by atoms with E-state index >= 15 is 0 Å². The van der Waals surface area contributed by atoms with E-state index in [2.05, 4.69) is 63.9 Å². The van der Waals surface area contributed by atoms with E-state index in [0.29, 0.717) is 42.2 Å². The van der Waals surface area contributed by atoms with Crippen molar-refractivity contribution in [2.45, 2.75) is 84.7 Å². The lowest BCUT2D eigenvalue weighted by Gasteiger charge is -2.22. The van der Waals surface area contributed by atoms with Crippen molar-refractivity contribution in [3.63, 3.8) is 0 Å². The Kier molecular flexibility index (Phi) is 13.5. The van der Waals surface area contributed by atoms with Gasteiger partial charge in [0.2, 0.25) is 11.3 Å². The summed E-state index contributed by atoms with van der Waals surface area (Å²) in [5.74, 6) is 3.53. The van der Waals surface area contributed by atoms with Crippen LogP contribution in [0.2, 0.25) is 0 Å². The number of nitrogens with two attached hydrogens (primary N) is 1. The Hall–Kier alpha value is -5.59. The van der Waals surface area contributed by atoms with Gasteiger partial charge in [0.15, 0.2) is 11.3 Å². The van der Waals surface area contributed by atoms with E-state index in [1.165, 1.54) is 11.1 Å². The van der Waals surface area contributed by atoms with Crippen molar-refractivity contribution in [2.75, 3.05) is 54.5 Å². The second kappa shape index (κ2) is 19.0. The molecule has 0 spiro atoms. The summed E-state index contributed by atoms with van der Waals surface area (Å²) in [6, 6.07) is 12.7. The van der Waals surface area contributed by atoms with Crippen molar-refractivity contribution >= 4 is 63.5 Å². The van der Waals surface area contributed by atoms with Crippen LogP contribution in [0.25, 0.3) is 22.6 Å². The number of fused-ring (bicyclic) bond motifs is 4. The van der Waals surface area contributed by atoms with Crippen LogP contribution in [0.3, 0.4) is 0 Å². The van der Waals surface area contributed by atoms with Crippen LogP contribution in [0.5, 0.6) is 11.5 Å². The van der Waals surface area contributed by atoms with Crippen LogP contribution in [-0.2, 0) is 30.7 Å². The number of nitrogens with one attached hydrogen (secondary N) is 1. The Morgan fingerprint density at radius 3 is 1.82 bits per heavy atom. The zero-order valence-electron chi connectivity index (χ0n) is 33.8. The van der Waals surface area contributed by atoms with Gasteiger partial charge in [-0.1, -0.05) is 42.1 Å². The Balaban J connectivity index is 0.000000174. The summed E-state index contributed by atoms with van der Waals surface area (Å²) in [5.41, 5.74) is 12.7. The summed E-state index contributed by atoms with van der Waals surface area (Å²) in [5, 5.41) is 19.9. The Labute approximate surface area is 364 Å². The van der Waals surface area contributed by atoms with Gasteiger partial charge in [-0.3, -0.25) is 0 Å². The molecule has 0 aliphatic carbocycles. The highest BCUT2D eigenvalue weighted by molar-refractivity contribution is 6.40. The van der Waals surface area contributed by atoms with Gasteiger partial charge in [0.05, 0.1) is 50.1 Å². The van der Waals surface area contributed by atoms with E-state index in [4.69, 9.17) is 53.1 Å². The highest BCUT2D eigenvalue weighted by Gasteiger charge is 2.28. The normalized spacial score (nSPS) is 17.7. The first-order valence-corrected chi connectivity index (χ1v) is 21.1. The Morgan fingerprint density at radius 2 is 1.33 bits per heavy atom. The molecule has 4 aliphatic heterocycles. The largest absolute Gasteiger partial charge is 0.493 e. The molecule has 2 saturated heterocycles. The second-order valence-corrected chi connectivity index (χ2v) is 16.8.